The van der Waals surface area contributed by atoms with Crippen LogP contribution >= 0.6 is 0 Å². The predicted molar refractivity (Wildman–Crippen MR) is 90.2 cm³/mol. The van der Waals surface area contributed by atoms with Gasteiger partial charge in [0.05, 0.1) is 38.2 Å². The van der Waals surface area contributed by atoms with Crippen LogP contribution in [0.3, 0.4) is 0 Å². The zero-order valence-corrected chi connectivity index (χ0v) is 15.1. The summed E-state index contributed by atoms with van der Waals surface area (Å²) in [5.41, 5.74) is -0.968. The fourth-order valence-corrected chi connectivity index (χ4v) is 3.99. The summed E-state index contributed by atoms with van der Waals surface area (Å²) in [4.78, 5) is 50.6. The highest BCUT2D eigenvalue weighted by Crippen LogP contribution is 2.48. The zero-order chi connectivity index (χ0) is 19.9. The van der Waals surface area contributed by atoms with E-state index in [1.807, 2.05) is 0 Å². The van der Waals surface area contributed by atoms with E-state index in [4.69, 9.17) is 9.47 Å². The van der Waals surface area contributed by atoms with Gasteiger partial charge in [-0.2, -0.15) is 0 Å². The van der Waals surface area contributed by atoms with E-state index < -0.39 is 53.8 Å². The van der Waals surface area contributed by atoms with E-state index in [1.165, 1.54) is 20.2 Å². The molecule has 0 aromatic heterocycles. The standard InChI is InChI=1S/C18H20N2O7/c1-20-14(22)11-12(15(20)23)18(8-21,17(25)27-3)19-13(11)9-5-4-6-10(7-9)16(24)26-2/h4-7,11-13,19,21H,8H2,1-3H3/t11-,12-,13-,18-/m1/s1. The van der Waals surface area contributed by atoms with Crippen molar-refractivity contribution < 1.29 is 33.8 Å². The molecule has 1 aromatic rings. The molecule has 2 aliphatic heterocycles. The molecule has 9 nitrogen and oxygen atoms in total. The second kappa shape index (κ2) is 6.75. The Kier molecular flexibility index (Phi) is 4.75. The Balaban J connectivity index is 2.12. The van der Waals surface area contributed by atoms with E-state index in [0.29, 0.717) is 5.56 Å². The van der Waals surface area contributed by atoms with Gasteiger partial charge in [0.1, 0.15) is 0 Å². The number of hydrogen-bond donors (Lipinski definition) is 2. The molecule has 9 heteroatoms. The first-order chi connectivity index (χ1) is 12.8. The van der Waals surface area contributed by atoms with Gasteiger partial charge < -0.3 is 14.6 Å². The summed E-state index contributed by atoms with van der Waals surface area (Å²) >= 11 is 0. The molecular formula is C18H20N2O7. The van der Waals surface area contributed by atoms with E-state index in [0.717, 1.165) is 12.0 Å². The number of carbonyl (C=O) groups excluding carboxylic acids is 4. The molecule has 0 unspecified atom stereocenters. The molecule has 2 heterocycles. The second-order valence-electron chi connectivity index (χ2n) is 6.60. The molecule has 2 fully saturated rings. The average molecular weight is 376 g/mol. The summed E-state index contributed by atoms with van der Waals surface area (Å²) in [6.45, 7) is -0.721. The van der Waals surface area contributed by atoms with Gasteiger partial charge >= 0.3 is 11.9 Å². The van der Waals surface area contributed by atoms with E-state index in [1.54, 1.807) is 18.2 Å². The van der Waals surface area contributed by atoms with Crippen LogP contribution < -0.4 is 5.32 Å². The molecule has 0 radical (unpaired) electrons. The topological polar surface area (TPSA) is 122 Å². The van der Waals surface area contributed by atoms with Crippen LogP contribution in [0.2, 0.25) is 0 Å². The molecule has 1 aromatic carbocycles. The molecule has 27 heavy (non-hydrogen) atoms. The number of hydrogen-bond acceptors (Lipinski definition) is 8. The van der Waals surface area contributed by atoms with Gasteiger partial charge in [-0.3, -0.25) is 19.8 Å². The Bertz CT molecular complexity index is 824. The lowest BCUT2D eigenvalue weighted by atomic mass is 9.79. The van der Waals surface area contributed by atoms with Crippen molar-refractivity contribution >= 4 is 23.8 Å². The van der Waals surface area contributed by atoms with Gasteiger partial charge in [-0.25, -0.2) is 9.59 Å². The number of rotatable bonds is 4. The molecule has 2 amide bonds. The first-order valence-corrected chi connectivity index (χ1v) is 8.29. The zero-order valence-electron chi connectivity index (χ0n) is 15.1. The molecule has 0 bridgehead atoms. The van der Waals surface area contributed by atoms with Crippen molar-refractivity contribution in [2.24, 2.45) is 11.8 Å². The molecule has 4 atom stereocenters. The fourth-order valence-electron chi connectivity index (χ4n) is 3.99. The number of aliphatic hydroxyl groups excluding tert-OH is 1. The Morgan fingerprint density at radius 2 is 1.93 bits per heavy atom. The van der Waals surface area contributed by atoms with Crippen LogP contribution in [0.5, 0.6) is 0 Å². The Labute approximate surface area is 155 Å². The number of carbonyl (C=O) groups is 4. The minimum Gasteiger partial charge on any atom is -0.468 e. The van der Waals surface area contributed by atoms with Crippen LogP contribution in [0, 0.1) is 11.8 Å². The third kappa shape index (κ3) is 2.62. The smallest absolute Gasteiger partial charge is 0.337 e. The molecule has 3 rings (SSSR count). The lowest BCUT2D eigenvalue weighted by Gasteiger charge is -2.30. The van der Waals surface area contributed by atoms with Crippen LogP contribution in [0.1, 0.15) is 22.0 Å². The summed E-state index contributed by atoms with van der Waals surface area (Å²) in [5.74, 6) is -4.45. The van der Waals surface area contributed by atoms with Crippen molar-refractivity contribution in [2.45, 2.75) is 11.6 Å². The number of ether oxygens (including phenoxy) is 2. The summed E-state index contributed by atoms with van der Waals surface area (Å²) in [6.07, 6.45) is 0. The number of esters is 2. The van der Waals surface area contributed by atoms with E-state index in [9.17, 15) is 24.3 Å². The van der Waals surface area contributed by atoms with Crippen molar-refractivity contribution in [2.75, 3.05) is 27.9 Å². The van der Waals surface area contributed by atoms with Crippen LogP contribution in [0.25, 0.3) is 0 Å². The number of likely N-dealkylation sites (tertiary alicyclic amines) is 1. The van der Waals surface area contributed by atoms with Gasteiger partial charge in [0.15, 0.2) is 5.54 Å². The third-order valence-electron chi connectivity index (χ3n) is 5.34. The minimum absolute atomic E-state index is 0.262. The van der Waals surface area contributed by atoms with Crippen molar-refractivity contribution in [3.63, 3.8) is 0 Å². The predicted octanol–water partition coefficient (Wildman–Crippen LogP) is -0.747. The first kappa shape index (κ1) is 19.0. The number of aliphatic hydroxyl groups is 1. The minimum atomic E-state index is -1.75. The van der Waals surface area contributed by atoms with E-state index in [-0.39, 0.29) is 5.56 Å². The molecule has 2 N–H and O–H groups in total. The number of fused-ring (bicyclic) bond motifs is 1. The molecule has 0 saturated carbocycles. The number of nitrogens with zero attached hydrogens (tertiary/aromatic N) is 1. The monoisotopic (exact) mass is 376 g/mol. The van der Waals surface area contributed by atoms with Crippen molar-refractivity contribution in [1.29, 1.82) is 0 Å². The number of benzene rings is 1. The van der Waals surface area contributed by atoms with Crippen LogP contribution in [0.4, 0.5) is 0 Å². The lowest BCUT2D eigenvalue weighted by molar-refractivity contribution is -0.156. The highest BCUT2D eigenvalue weighted by molar-refractivity contribution is 6.09. The maximum Gasteiger partial charge on any atom is 0.337 e. The van der Waals surface area contributed by atoms with Crippen molar-refractivity contribution in [3.8, 4) is 0 Å². The van der Waals surface area contributed by atoms with Crippen LogP contribution in [-0.2, 0) is 23.9 Å². The molecule has 0 aliphatic carbocycles. The maximum absolute atomic E-state index is 12.7. The summed E-state index contributed by atoms with van der Waals surface area (Å²) in [6, 6.07) is 5.59. The maximum atomic E-state index is 12.7. The lowest BCUT2D eigenvalue weighted by Crippen LogP contribution is -2.58. The van der Waals surface area contributed by atoms with Gasteiger partial charge in [0.2, 0.25) is 11.8 Å². The largest absolute Gasteiger partial charge is 0.468 e. The van der Waals surface area contributed by atoms with Gasteiger partial charge in [-0.15, -0.1) is 0 Å². The van der Waals surface area contributed by atoms with Gasteiger partial charge in [0.25, 0.3) is 0 Å². The summed E-state index contributed by atoms with van der Waals surface area (Å²) < 4.78 is 9.51. The normalized spacial score (nSPS) is 29.6. The number of imide groups is 1. The average Bonchev–Trinajstić information content (AvgIpc) is 3.17. The molecular weight excluding hydrogens is 356 g/mol. The van der Waals surface area contributed by atoms with Gasteiger partial charge in [-0.1, -0.05) is 12.1 Å². The second-order valence-corrected chi connectivity index (χ2v) is 6.60. The summed E-state index contributed by atoms with van der Waals surface area (Å²) in [5, 5.41) is 12.9. The van der Waals surface area contributed by atoms with E-state index in [2.05, 4.69) is 5.32 Å². The third-order valence-corrected chi connectivity index (χ3v) is 5.34. The quantitative estimate of drug-likeness (QED) is 0.520. The van der Waals surface area contributed by atoms with Crippen LogP contribution in [-0.4, -0.2) is 67.2 Å². The van der Waals surface area contributed by atoms with Crippen LogP contribution in [0.15, 0.2) is 24.3 Å². The fraction of sp³-hybridized carbons (Fsp3) is 0.444. The first-order valence-electron chi connectivity index (χ1n) is 8.29. The Morgan fingerprint density at radius 1 is 1.22 bits per heavy atom. The molecule has 2 aliphatic rings. The highest BCUT2D eigenvalue weighted by Gasteiger charge is 2.68. The SMILES string of the molecule is COC(=O)c1cccc([C@H]2N[C@@](CO)(C(=O)OC)[C@H]3C(=O)N(C)C(=O)[C@@H]23)c1. The summed E-state index contributed by atoms with van der Waals surface area (Å²) in [7, 11) is 3.73. The van der Waals surface area contributed by atoms with E-state index >= 15 is 0 Å². The number of methoxy groups -OCH3 is 2. The Morgan fingerprint density at radius 3 is 2.52 bits per heavy atom. The number of amides is 2. The molecule has 2 saturated heterocycles. The van der Waals surface area contributed by atoms with Crippen molar-refractivity contribution in [3.05, 3.63) is 35.4 Å². The molecule has 144 valence electrons. The van der Waals surface area contributed by atoms with Gasteiger partial charge in [-0.05, 0) is 17.7 Å². The number of nitrogens with one attached hydrogen (secondary N) is 1. The van der Waals surface area contributed by atoms with Crippen molar-refractivity contribution in [1.82, 2.24) is 10.2 Å². The molecule has 0 spiro atoms. The van der Waals surface area contributed by atoms with Gasteiger partial charge in [0, 0.05) is 13.1 Å². The highest BCUT2D eigenvalue weighted by atomic mass is 16.5. The Hall–Kier alpha value is -2.78.